The predicted octanol–water partition coefficient (Wildman–Crippen LogP) is 7.47. The Morgan fingerprint density at radius 2 is 1.23 bits per heavy atom. The molecule has 0 N–H and O–H groups in total. The molecule has 0 radical (unpaired) electrons. The van der Waals surface area contributed by atoms with Crippen LogP contribution in [0.3, 0.4) is 0 Å². The molecular weight excluding hydrogens is 626 g/mol. The van der Waals surface area contributed by atoms with Crippen molar-refractivity contribution >= 4 is 11.9 Å². The van der Waals surface area contributed by atoms with Gasteiger partial charge in [-0.25, -0.2) is 18.4 Å². The first-order chi connectivity index (χ1) is 23.4. The van der Waals surface area contributed by atoms with Crippen molar-refractivity contribution in [2.24, 2.45) is 5.92 Å². The smallest absolute Gasteiger partial charge is 0.346 e. The summed E-state index contributed by atoms with van der Waals surface area (Å²) in [6, 6.07) is 13.3. The average Bonchev–Trinajstić information content (AvgIpc) is 3.86. The Balaban J connectivity index is 0.999. The maximum atomic E-state index is 14.7. The lowest BCUT2D eigenvalue weighted by Crippen LogP contribution is -2.18. The highest BCUT2D eigenvalue weighted by Gasteiger charge is 2.43. The molecule has 2 aliphatic rings. The number of carbonyl (C=O) groups excluding carboxylic acids is 2. The molecule has 0 bridgehead atoms. The van der Waals surface area contributed by atoms with E-state index in [0.717, 1.165) is 57.3 Å². The minimum atomic E-state index is -0.912. The highest BCUT2D eigenvalue weighted by molar-refractivity contribution is 5.92. The summed E-state index contributed by atoms with van der Waals surface area (Å²) in [6.45, 7) is 6.15. The van der Waals surface area contributed by atoms with Gasteiger partial charge in [-0.15, -0.1) is 0 Å². The lowest BCUT2D eigenvalue weighted by atomic mass is 9.90. The Bertz CT molecular complexity index is 1530. The topological polar surface area (TPSA) is 102 Å². The van der Waals surface area contributed by atoms with Gasteiger partial charge in [0.1, 0.15) is 34.6 Å². The Morgan fingerprint density at radius 1 is 0.708 bits per heavy atom. The van der Waals surface area contributed by atoms with Crippen LogP contribution in [0.25, 0.3) is 0 Å². The van der Waals surface area contributed by atoms with Crippen LogP contribution >= 0.6 is 0 Å². The van der Waals surface area contributed by atoms with Crippen LogP contribution in [0.4, 0.5) is 8.78 Å². The minimum Gasteiger partial charge on any atom is -0.502 e. The summed E-state index contributed by atoms with van der Waals surface area (Å²) in [6.07, 6.45) is 8.75. The fourth-order valence-electron chi connectivity index (χ4n) is 5.35. The van der Waals surface area contributed by atoms with E-state index in [-0.39, 0.29) is 28.4 Å². The van der Waals surface area contributed by atoms with Crippen molar-refractivity contribution < 1.29 is 51.5 Å². The Morgan fingerprint density at radius 3 is 1.75 bits per heavy atom. The number of epoxide rings is 1. The quantitative estimate of drug-likeness (QED) is 0.0424. The molecule has 3 atom stereocenters. The molecule has 3 aromatic rings. The van der Waals surface area contributed by atoms with Gasteiger partial charge in [0.15, 0.2) is 0 Å². The van der Waals surface area contributed by atoms with Crippen molar-refractivity contribution in [3.8, 4) is 23.0 Å². The van der Waals surface area contributed by atoms with Gasteiger partial charge in [0.05, 0.1) is 49.4 Å². The normalized spacial score (nSPS) is 17.9. The number of hydrogen-bond acceptors (Lipinski definition) is 9. The maximum Gasteiger partial charge on any atom is 0.346 e. The van der Waals surface area contributed by atoms with Gasteiger partial charge in [0, 0.05) is 25.3 Å². The van der Waals surface area contributed by atoms with Crippen LogP contribution in [-0.2, 0) is 14.2 Å². The number of halogens is 2. The lowest BCUT2D eigenvalue weighted by Gasteiger charge is -2.18. The van der Waals surface area contributed by atoms with Gasteiger partial charge in [0.25, 0.3) is 0 Å². The van der Waals surface area contributed by atoms with E-state index in [4.69, 9.17) is 33.2 Å². The third-order valence-electron chi connectivity index (χ3n) is 8.03. The summed E-state index contributed by atoms with van der Waals surface area (Å²) in [5.74, 6) is -2.03. The van der Waals surface area contributed by atoms with Crippen LogP contribution in [-0.4, -0.2) is 57.2 Å². The second-order valence-electron chi connectivity index (χ2n) is 11.6. The van der Waals surface area contributed by atoms with Gasteiger partial charge in [-0.3, -0.25) is 0 Å². The highest BCUT2D eigenvalue weighted by atomic mass is 19.1. The number of rotatable bonds is 19. The summed E-state index contributed by atoms with van der Waals surface area (Å²) >= 11 is 0. The van der Waals surface area contributed by atoms with E-state index in [2.05, 4.69) is 6.58 Å². The second kappa shape index (κ2) is 17.6. The molecular formula is C37H40F2O9. The zero-order valence-electron chi connectivity index (χ0n) is 26.7. The first kappa shape index (κ1) is 34.8. The molecule has 48 heavy (non-hydrogen) atoms. The lowest BCUT2D eigenvalue weighted by molar-refractivity contribution is 0.0714. The van der Waals surface area contributed by atoms with Crippen molar-refractivity contribution in [3.63, 3.8) is 0 Å². The fraction of sp³-hybridized carbons (Fsp3) is 0.405. The molecule has 2 fully saturated rings. The van der Waals surface area contributed by atoms with Crippen molar-refractivity contribution in [1.29, 1.82) is 0 Å². The molecule has 1 heterocycles. The average molecular weight is 667 g/mol. The fourth-order valence-corrected chi connectivity index (χ4v) is 5.35. The Kier molecular flexibility index (Phi) is 12.8. The zero-order chi connectivity index (χ0) is 33.7. The molecule has 5 rings (SSSR count). The molecule has 0 amide bonds. The number of unbranched alkanes of at least 4 members (excludes halogenated alkanes) is 2. The molecule has 1 saturated heterocycles. The molecule has 256 valence electrons. The van der Waals surface area contributed by atoms with Crippen LogP contribution in [0.2, 0.25) is 0 Å². The highest BCUT2D eigenvalue weighted by Crippen LogP contribution is 2.39. The van der Waals surface area contributed by atoms with Crippen LogP contribution in [0.15, 0.2) is 73.5 Å². The molecule has 1 aliphatic carbocycles. The second-order valence-corrected chi connectivity index (χ2v) is 11.6. The summed E-state index contributed by atoms with van der Waals surface area (Å²) in [7, 11) is 0. The zero-order valence-corrected chi connectivity index (χ0v) is 26.7. The number of carbonyl (C=O) groups is 2. The Labute approximate surface area is 278 Å². The van der Waals surface area contributed by atoms with Gasteiger partial charge in [-0.1, -0.05) is 6.58 Å². The first-order valence-corrected chi connectivity index (χ1v) is 16.2. The number of benzene rings is 3. The molecule has 9 nitrogen and oxygen atoms in total. The summed E-state index contributed by atoms with van der Waals surface area (Å²) in [5.41, 5.74) is -0.535. The van der Waals surface area contributed by atoms with Gasteiger partial charge in [-0.2, -0.15) is 0 Å². The third-order valence-corrected chi connectivity index (χ3v) is 8.03. The largest absolute Gasteiger partial charge is 0.502 e. The van der Waals surface area contributed by atoms with Crippen molar-refractivity contribution in [3.05, 3.63) is 96.3 Å². The van der Waals surface area contributed by atoms with Gasteiger partial charge in [0.2, 0.25) is 0 Å². The van der Waals surface area contributed by atoms with Crippen LogP contribution in [0, 0.1) is 17.6 Å². The van der Waals surface area contributed by atoms with Crippen molar-refractivity contribution in [2.75, 3.05) is 33.0 Å². The molecule has 1 saturated carbocycles. The number of esters is 2. The van der Waals surface area contributed by atoms with E-state index in [0.29, 0.717) is 56.7 Å². The van der Waals surface area contributed by atoms with E-state index < -0.39 is 23.6 Å². The van der Waals surface area contributed by atoms with Gasteiger partial charge < -0.3 is 33.2 Å². The molecule has 3 unspecified atom stereocenters. The van der Waals surface area contributed by atoms with E-state index >= 15 is 0 Å². The molecule has 3 aromatic carbocycles. The van der Waals surface area contributed by atoms with Crippen molar-refractivity contribution in [2.45, 2.75) is 57.2 Å². The SMILES string of the molecule is C=COCCCCOc1ccc(C(=O)Oc2ccc(OC(=O)c3ccc(OCCCCOCC4CCC5OC5C4)cc3F)cc2)c(F)c1. The minimum absolute atomic E-state index is 0.0936. The monoisotopic (exact) mass is 666 g/mol. The summed E-state index contributed by atoms with van der Waals surface area (Å²) in [5, 5.41) is 0. The third kappa shape index (κ3) is 10.5. The van der Waals surface area contributed by atoms with Crippen LogP contribution in [0.1, 0.15) is 65.7 Å². The molecule has 1 aliphatic heterocycles. The molecule has 0 aromatic heterocycles. The van der Waals surface area contributed by atoms with E-state index in [9.17, 15) is 18.4 Å². The van der Waals surface area contributed by atoms with Gasteiger partial charge >= 0.3 is 11.9 Å². The Hall–Kier alpha value is -4.48. The maximum absolute atomic E-state index is 14.7. The number of hydrogen-bond donors (Lipinski definition) is 0. The van der Waals surface area contributed by atoms with Crippen LogP contribution < -0.4 is 18.9 Å². The molecule has 0 spiro atoms. The predicted molar refractivity (Wildman–Crippen MR) is 172 cm³/mol. The van der Waals surface area contributed by atoms with Crippen LogP contribution in [0.5, 0.6) is 23.0 Å². The van der Waals surface area contributed by atoms with Gasteiger partial charge in [-0.05, 0) is 99.4 Å². The summed E-state index contributed by atoms with van der Waals surface area (Å²) in [4.78, 5) is 25.1. The van der Waals surface area contributed by atoms with E-state index in [1.54, 1.807) is 0 Å². The summed E-state index contributed by atoms with van der Waals surface area (Å²) < 4.78 is 67.4. The standard InChI is InChI=1S/C37H40F2O9/c1-2-42-17-3-5-19-44-28-12-14-30(32(38)22-28)36(40)46-26-8-10-27(11-9-26)47-37(41)31-15-13-29(23-33(31)39)45-20-6-4-18-43-24-25-7-16-34-35(21-25)48-34/h2,8-15,22-23,25,34-35H,1,3-7,16-21,24H2. The van der Waals surface area contributed by atoms with Crippen molar-refractivity contribution in [1.82, 2.24) is 0 Å². The molecule has 11 heteroatoms. The first-order valence-electron chi connectivity index (χ1n) is 16.2. The van der Waals surface area contributed by atoms with E-state index in [1.165, 1.54) is 54.8 Å². The number of ether oxygens (including phenoxy) is 7. The number of fused-ring (bicyclic) bond motifs is 1. The van der Waals surface area contributed by atoms with E-state index in [1.807, 2.05) is 0 Å².